The fourth-order valence-corrected chi connectivity index (χ4v) is 4.30. The molecule has 0 radical (unpaired) electrons. The normalized spacial score (nSPS) is 27.4. The fraction of sp³-hybridized carbons (Fsp3) is 0.667. The van der Waals surface area contributed by atoms with Gasteiger partial charge in [0.2, 0.25) is 0 Å². The standard InChI is InChI=1S/C21H31NO3/c1-21(2,3)22-13-15-9-5-6-10-16(14-22)19(15)25-20(23)17-11-7-8-12-18(17)24-4/h7-8,11-12,15-16,19H,5-6,9-10,13-14H2,1-4H3. The van der Waals surface area contributed by atoms with Gasteiger partial charge in [-0.1, -0.05) is 25.0 Å². The highest BCUT2D eigenvalue weighted by molar-refractivity contribution is 5.92. The van der Waals surface area contributed by atoms with Crippen molar-refractivity contribution in [2.75, 3.05) is 20.2 Å². The van der Waals surface area contributed by atoms with Crippen LogP contribution in [0.2, 0.25) is 0 Å². The van der Waals surface area contributed by atoms with E-state index in [0.717, 1.165) is 25.9 Å². The minimum atomic E-state index is -0.247. The highest BCUT2D eigenvalue weighted by Gasteiger charge is 2.43. The summed E-state index contributed by atoms with van der Waals surface area (Å²) in [5.41, 5.74) is 0.693. The van der Waals surface area contributed by atoms with Gasteiger partial charge in [-0.05, 0) is 45.7 Å². The smallest absolute Gasteiger partial charge is 0.342 e. The van der Waals surface area contributed by atoms with Crippen molar-refractivity contribution in [2.45, 2.75) is 58.1 Å². The molecule has 2 bridgehead atoms. The molecule has 4 nitrogen and oxygen atoms in total. The lowest BCUT2D eigenvalue weighted by atomic mass is 9.82. The molecule has 0 N–H and O–H groups in total. The van der Waals surface area contributed by atoms with Gasteiger partial charge in [-0.15, -0.1) is 0 Å². The van der Waals surface area contributed by atoms with Crippen LogP contribution in [0.1, 0.15) is 56.8 Å². The lowest BCUT2D eigenvalue weighted by Crippen LogP contribution is -2.56. The molecule has 138 valence electrons. The van der Waals surface area contributed by atoms with Crippen LogP contribution >= 0.6 is 0 Å². The number of carbonyl (C=O) groups is 1. The van der Waals surface area contributed by atoms with E-state index < -0.39 is 0 Å². The van der Waals surface area contributed by atoms with E-state index in [4.69, 9.17) is 9.47 Å². The Labute approximate surface area is 151 Å². The Morgan fingerprint density at radius 1 is 1.08 bits per heavy atom. The first-order valence-corrected chi connectivity index (χ1v) is 9.49. The molecule has 2 aliphatic rings. The highest BCUT2D eigenvalue weighted by atomic mass is 16.5. The molecular weight excluding hydrogens is 314 g/mol. The second kappa shape index (κ2) is 7.36. The molecular formula is C21H31NO3. The number of ether oxygens (including phenoxy) is 2. The van der Waals surface area contributed by atoms with Crippen LogP contribution in [0.4, 0.5) is 0 Å². The van der Waals surface area contributed by atoms with E-state index in [0.29, 0.717) is 23.1 Å². The van der Waals surface area contributed by atoms with Gasteiger partial charge >= 0.3 is 5.97 Å². The third-order valence-corrected chi connectivity index (χ3v) is 5.76. The molecule has 2 atom stereocenters. The molecule has 2 fully saturated rings. The number of methoxy groups -OCH3 is 1. The van der Waals surface area contributed by atoms with Gasteiger partial charge in [0.15, 0.2) is 0 Å². The lowest BCUT2D eigenvalue weighted by Gasteiger charge is -2.47. The number of hydrogen-bond donors (Lipinski definition) is 0. The van der Waals surface area contributed by atoms with Crippen LogP contribution in [-0.4, -0.2) is 42.7 Å². The number of nitrogens with zero attached hydrogens (tertiary/aromatic N) is 1. The van der Waals surface area contributed by atoms with Crippen molar-refractivity contribution < 1.29 is 14.3 Å². The third-order valence-electron chi connectivity index (χ3n) is 5.76. The Balaban J connectivity index is 1.78. The van der Waals surface area contributed by atoms with Crippen LogP contribution in [0.5, 0.6) is 5.75 Å². The van der Waals surface area contributed by atoms with Gasteiger partial charge < -0.3 is 9.47 Å². The first-order valence-electron chi connectivity index (χ1n) is 9.49. The number of likely N-dealkylation sites (tertiary alicyclic amines) is 1. The van der Waals surface area contributed by atoms with Gasteiger partial charge in [0.05, 0.1) is 7.11 Å². The van der Waals surface area contributed by atoms with E-state index in [1.54, 1.807) is 13.2 Å². The molecule has 2 unspecified atom stereocenters. The summed E-state index contributed by atoms with van der Waals surface area (Å²) in [6.45, 7) is 8.87. The summed E-state index contributed by atoms with van der Waals surface area (Å²) in [7, 11) is 1.59. The summed E-state index contributed by atoms with van der Waals surface area (Å²) in [4.78, 5) is 15.4. The Morgan fingerprint density at radius 3 is 2.24 bits per heavy atom. The van der Waals surface area contributed by atoms with Crippen molar-refractivity contribution in [3.8, 4) is 5.75 Å². The van der Waals surface area contributed by atoms with Crippen molar-refractivity contribution >= 4 is 5.97 Å². The van der Waals surface area contributed by atoms with Crippen molar-refractivity contribution in [1.29, 1.82) is 0 Å². The number of piperidine rings is 1. The van der Waals surface area contributed by atoms with Crippen LogP contribution in [0.25, 0.3) is 0 Å². The first kappa shape index (κ1) is 18.2. The van der Waals surface area contributed by atoms with Crippen molar-refractivity contribution in [3.05, 3.63) is 29.8 Å². The van der Waals surface area contributed by atoms with Crippen LogP contribution in [-0.2, 0) is 4.74 Å². The summed E-state index contributed by atoms with van der Waals surface area (Å²) < 4.78 is 11.4. The summed E-state index contributed by atoms with van der Waals surface area (Å²) in [6.07, 6.45) is 4.79. The molecule has 1 aromatic rings. The number of esters is 1. The lowest BCUT2D eigenvalue weighted by molar-refractivity contribution is -0.0636. The van der Waals surface area contributed by atoms with Gasteiger partial charge in [0.1, 0.15) is 17.4 Å². The molecule has 0 spiro atoms. The van der Waals surface area contributed by atoms with E-state index in [1.165, 1.54) is 12.8 Å². The zero-order valence-electron chi connectivity index (χ0n) is 16.0. The van der Waals surface area contributed by atoms with Gasteiger partial charge in [0.25, 0.3) is 0 Å². The molecule has 1 aliphatic heterocycles. The number of para-hydroxylation sites is 1. The van der Waals surface area contributed by atoms with Crippen molar-refractivity contribution in [1.82, 2.24) is 4.90 Å². The van der Waals surface area contributed by atoms with Crippen LogP contribution < -0.4 is 4.74 Å². The van der Waals surface area contributed by atoms with E-state index >= 15 is 0 Å². The first-order chi connectivity index (χ1) is 11.9. The molecule has 0 amide bonds. The van der Waals surface area contributed by atoms with E-state index in [9.17, 15) is 4.79 Å². The van der Waals surface area contributed by atoms with Crippen LogP contribution in [0.15, 0.2) is 24.3 Å². The maximum absolute atomic E-state index is 12.8. The molecule has 4 heteroatoms. The molecule has 1 aliphatic carbocycles. The van der Waals surface area contributed by atoms with Crippen molar-refractivity contribution in [2.24, 2.45) is 11.8 Å². The molecule has 0 aromatic heterocycles. The molecule has 1 saturated heterocycles. The topological polar surface area (TPSA) is 38.8 Å². The summed E-state index contributed by atoms with van der Waals surface area (Å²) in [5, 5.41) is 0. The van der Waals surface area contributed by atoms with Gasteiger partial charge in [-0.3, -0.25) is 4.90 Å². The predicted molar refractivity (Wildman–Crippen MR) is 99.0 cm³/mol. The third kappa shape index (κ3) is 4.00. The van der Waals surface area contributed by atoms with E-state index in [1.807, 2.05) is 18.2 Å². The number of fused-ring (bicyclic) bond motifs is 2. The number of benzene rings is 1. The predicted octanol–water partition coefficient (Wildman–Crippen LogP) is 4.14. The van der Waals surface area contributed by atoms with E-state index in [2.05, 4.69) is 25.7 Å². The molecule has 25 heavy (non-hydrogen) atoms. The average molecular weight is 345 g/mol. The number of rotatable bonds is 3. The van der Waals surface area contributed by atoms with Gasteiger partial charge in [0, 0.05) is 30.5 Å². The van der Waals surface area contributed by atoms with Crippen LogP contribution in [0.3, 0.4) is 0 Å². The minimum Gasteiger partial charge on any atom is -0.496 e. The maximum atomic E-state index is 12.8. The summed E-state index contributed by atoms with van der Waals surface area (Å²) in [5.74, 6) is 1.20. The van der Waals surface area contributed by atoms with Crippen LogP contribution in [0, 0.1) is 11.8 Å². The minimum absolute atomic E-state index is 0.0264. The highest BCUT2D eigenvalue weighted by Crippen LogP contribution is 2.38. The Hall–Kier alpha value is -1.55. The quantitative estimate of drug-likeness (QED) is 0.772. The largest absolute Gasteiger partial charge is 0.496 e. The maximum Gasteiger partial charge on any atom is 0.342 e. The molecule has 1 aromatic carbocycles. The second-order valence-electron chi connectivity index (χ2n) is 8.45. The summed E-state index contributed by atoms with van der Waals surface area (Å²) >= 11 is 0. The second-order valence-corrected chi connectivity index (χ2v) is 8.45. The average Bonchev–Trinajstić information content (AvgIpc) is 2.69. The van der Waals surface area contributed by atoms with Crippen molar-refractivity contribution in [3.63, 3.8) is 0 Å². The Morgan fingerprint density at radius 2 is 1.68 bits per heavy atom. The molecule has 1 saturated carbocycles. The number of carbonyl (C=O) groups excluding carboxylic acids is 1. The fourth-order valence-electron chi connectivity index (χ4n) is 4.30. The zero-order chi connectivity index (χ0) is 18.0. The van der Waals surface area contributed by atoms with Gasteiger partial charge in [-0.25, -0.2) is 4.79 Å². The van der Waals surface area contributed by atoms with E-state index in [-0.39, 0.29) is 17.6 Å². The summed E-state index contributed by atoms with van der Waals surface area (Å²) in [6, 6.07) is 7.33. The number of hydrogen-bond acceptors (Lipinski definition) is 4. The molecule has 1 heterocycles. The zero-order valence-corrected chi connectivity index (χ0v) is 16.0. The monoisotopic (exact) mass is 345 g/mol. The Bertz CT molecular complexity index is 591. The SMILES string of the molecule is COc1ccccc1C(=O)OC1C2CCCCC1CN(C(C)(C)C)C2. The Kier molecular flexibility index (Phi) is 5.38. The molecule has 3 rings (SSSR count). The van der Waals surface area contributed by atoms with Gasteiger partial charge in [-0.2, -0.15) is 0 Å².